The van der Waals surface area contributed by atoms with Crippen molar-refractivity contribution in [3.8, 4) is 11.4 Å². The summed E-state index contributed by atoms with van der Waals surface area (Å²) in [5.41, 5.74) is -0.0217. The maximum absolute atomic E-state index is 12.1. The molecule has 3 aromatic rings. The number of hydrogen-bond acceptors (Lipinski definition) is 12. The maximum atomic E-state index is 12.1. The van der Waals surface area contributed by atoms with Crippen LogP contribution in [0.5, 0.6) is 5.75 Å². The molecule has 0 saturated heterocycles. The number of carbonyl (C=O) groups is 1. The van der Waals surface area contributed by atoms with Crippen molar-refractivity contribution in [2.45, 2.75) is 73.0 Å². The first kappa shape index (κ1) is 41.0. The molecule has 0 bridgehead atoms. The molecule has 0 aliphatic carbocycles. The number of carboxylic acids is 1. The Hall–Kier alpha value is -2.98. The van der Waals surface area contributed by atoms with E-state index < -0.39 is 32.2 Å². The average Bonchev–Trinajstić information content (AvgIpc) is 3.26. The maximum Gasteiger partial charge on any atom is 0.442 e. The Bertz CT molecular complexity index is 1540. The fourth-order valence-corrected chi connectivity index (χ4v) is 4.05. The molecule has 0 saturated carbocycles. The van der Waals surface area contributed by atoms with E-state index in [9.17, 15) is 14.2 Å². The summed E-state index contributed by atoms with van der Waals surface area (Å²) in [6, 6.07) is 3.37. The van der Waals surface area contributed by atoms with E-state index in [4.69, 9.17) is 58.9 Å². The second kappa shape index (κ2) is 18.4. The van der Waals surface area contributed by atoms with E-state index >= 15 is 0 Å². The lowest BCUT2D eigenvalue weighted by Crippen LogP contribution is -2.23. The van der Waals surface area contributed by atoms with E-state index in [1.165, 1.54) is 6.07 Å². The number of aliphatic carboxylic acids is 1. The molecular formula is C26H40Cl3N8O8P. The van der Waals surface area contributed by atoms with Crippen LogP contribution in [0.3, 0.4) is 0 Å². The average molecular weight is 730 g/mol. The van der Waals surface area contributed by atoms with Crippen molar-refractivity contribution in [2.24, 2.45) is 0 Å². The van der Waals surface area contributed by atoms with Gasteiger partial charge >= 0.3 is 19.3 Å². The molecule has 0 aliphatic heterocycles. The number of nitrogens with one attached hydrogen (secondary N) is 3. The van der Waals surface area contributed by atoms with E-state index in [0.717, 1.165) is 11.2 Å². The molecule has 3 rings (SSSR count). The SMILES string of the molecule is CC(C)Oc1cc(-n2nc(C(C)(C)C)oc2=O)c(Cl)cc1Cl.CCNc1nc(Cl)nc(NC(C)C)n1.O=C(O)CNCP(=O)(O)O. The first-order valence-corrected chi connectivity index (χ1v) is 16.7. The molecule has 0 fully saturated rings. The number of nitrogens with zero attached hydrogens (tertiary/aromatic N) is 5. The highest BCUT2D eigenvalue weighted by Gasteiger charge is 2.24. The van der Waals surface area contributed by atoms with Crippen LogP contribution in [0.4, 0.5) is 11.9 Å². The molecule has 258 valence electrons. The van der Waals surface area contributed by atoms with Crippen molar-refractivity contribution in [3.63, 3.8) is 0 Å². The lowest BCUT2D eigenvalue weighted by molar-refractivity contribution is -0.135. The fraction of sp³-hybridized carbons (Fsp3) is 0.538. The third-order valence-electron chi connectivity index (χ3n) is 4.74. The molecule has 2 aromatic heterocycles. The molecule has 0 unspecified atom stereocenters. The Labute approximate surface area is 281 Å². The van der Waals surface area contributed by atoms with Crippen LogP contribution in [0.25, 0.3) is 5.69 Å². The topological polar surface area (TPSA) is 227 Å². The fourth-order valence-electron chi connectivity index (χ4n) is 2.98. The van der Waals surface area contributed by atoms with Crippen LogP contribution in [0, 0.1) is 0 Å². The smallest absolute Gasteiger partial charge is 0.442 e. The van der Waals surface area contributed by atoms with Gasteiger partial charge in [-0.05, 0) is 52.3 Å². The summed E-state index contributed by atoms with van der Waals surface area (Å²) in [6.07, 6.45) is -0.662. The standard InChI is InChI=1S/C15H18Cl2N2O3.C8H14ClN5.C3H8NO5P/c1-8(2)21-12-7-11(9(16)6-10(12)17)19-14(20)22-13(18-19)15(3,4)5;1-4-10-7-12-6(9)13-8(14-7)11-5(2)3;5-3(6)1-4-2-10(7,8)9/h6-8H,1-5H3;5H,4H2,1-3H3,(H2,10,11,12,13,14);4H,1-2H2,(H,5,6)(H2,7,8,9). The van der Waals surface area contributed by atoms with Gasteiger partial charge < -0.3 is 34.7 Å². The van der Waals surface area contributed by atoms with Crippen LogP contribution < -0.4 is 26.4 Å². The molecule has 0 atom stereocenters. The number of aromatic nitrogens is 5. The molecule has 0 amide bonds. The Morgan fingerprint density at radius 3 is 2.15 bits per heavy atom. The largest absolute Gasteiger partial charge is 0.489 e. The van der Waals surface area contributed by atoms with Gasteiger partial charge in [0.15, 0.2) is 0 Å². The van der Waals surface area contributed by atoms with E-state index in [0.29, 0.717) is 34.2 Å². The van der Waals surface area contributed by atoms with Crippen molar-refractivity contribution in [1.29, 1.82) is 0 Å². The summed E-state index contributed by atoms with van der Waals surface area (Å²) < 4.78 is 22.0. The van der Waals surface area contributed by atoms with Crippen LogP contribution in [0.2, 0.25) is 15.3 Å². The summed E-state index contributed by atoms with van der Waals surface area (Å²) >= 11 is 18.0. The number of rotatable bonds is 11. The number of carboxylic acid groups (broad SMARTS) is 1. The number of ether oxygens (including phenoxy) is 1. The summed E-state index contributed by atoms with van der Waals surface area (Å²) in [4.78, 5) is 50.2. The molecule has 0 spiro atoms. The number of hydrogen-bond donors (Lipinski definition) is 6. The van der Waals surface area contributed by atoms with Gasteiger partial charge in [0, 0.05) is 24.1 Å². The summed E-state index contributed by atoms with van der Waals surface area (Å²) in [5, 5.41) is 21.2. The van der Waals surface area contributed by atoms with Gasteiger partial charge in [-0.1, -0.05) is 44.0 Å². The predicted molar refractivity (Wildman–Crippen MR) is 177 cm³/mol. The normalized spacial score (nSPS) is 11.4. The Morgan fingerprint density at radius 2 is 1.67 bits per heavy atom. The molecule has 0 radical (unpaired) electrons. The quantitative estimate of drug-likeness (QED) is 0.146. The highest BCUT2D eigenvalue weighted by atomic mass is 35.5. The van der Waals surface area contributed by atoms with Gasteiger partial charge in [0.25, 0.3) is 0 Å². The molecule has 0 aliphatic rings. The predicted octanol–water partition coefficient (Wildman–Crippen LogP) is 4.79. The monoisotopic (exact) mass is 728 g/mol. The number of benzene rings is 1. The molecule has 20 heteroatoms. The van der Waals surface area contributed by atoms with Gasteiger partial charge in [-0.25, -0.2) is 4.79 Å². The van der Waals surface area contributed by atoms with Crippen LogP contribution >= 0.6 is 42.4 Å². The molecule has 6 N–H and O–H groups in total. The van der Waals surface area contributed by atoms with Crippen molar-refractivity contribution in [2.75, 3.05) is 30.0 Å². The van der Waals surface area contributed by atoms with Crippen molar-refractivity contribution < 1.29 is 33.4 Å². The van der Waals surface area contributed by atoms with Gasteiger partial charge in [-0.15, -0.1) is 5.10 Å². The van der Waals surface area contributed by atoms with Crippen molar-refractivity contribution in [1.82, 2.24) is 30.0 Å². The van der Waals surface area contributed by atoms with Crippen LogP contribution in [-0.4, -0.2) is 77.1 Å². The zero-order chi connectivity index (χ0) is 35.4. The summed E-state index contributed by atoms with van der Waals surface area (Å²) in [5.74, 6) is 0.00261. The van der Waals surface area contributed by atoms with Gasteiger partial charge in [0.2, 0.25) is 23.1 Å². The third-order valence-corrected chi connectivity index (χ3v) is 6.14. The van der Waals surface area contributed by atoms with Gasteiger partial charge in [-0.3, -0.25) is 14.7 Å². The first-order valence-electron chi connectivity index (χ1n) is 13.8. The minimum atomic E-state index is -4.10. The van der Waals surface area contributed by atoms with E-state index in [2.05, 4.69) is 36.0 Å². The van der Waals surface area contributed by atoms with Crippen LogP contribution in [-0.2, 0) is 14.8 Å². The molecule has 2 heterocycles. The lowest BCUT2D eigenvalue weighted by atomic mass is 9.97. The van der Waals surface area contributed by atoms with Gasteiger partial charge in [-0.2, -0.15) is 19.6 Å². The molecule has 46 heavy (non-hydrogen) atoms. The van der Waals surface area contributed by atoms with E-state index in [1.807, 2.05) is 55.4 Å². The second-order valence-electron chi connectivity index (χ2n) is 11.0. The minimum Gasteiger partial charge on any atom is -0.489 e. The minimum absolute atomic E-state index is 0.0642. The number of anilines is 2. The molecular weight excluding hydrogens is 690 g/mol. The first-order chi connectivity index (χ1) is 21.1. The Kier molecular flexibility index (Phi) is 16.4. The van der Waals surface area contributed by atoms with Gasteiger partial charge in [0.05, 0.1) is 34.7 Å². The summed E-state index contributed by atoms with van der Waals surface area (Å²) in [7, 11) is -4.10. The molecule has 1 aromatic carbocycles. The zero-order valence-corrected chi connectivity index (χ0v) is 29.8. The molecule has 16 nitrogen and oxygen atoms in total. The highest BCUT2D eigenvalue weighted by Crippen LogP contribution is 2.34. The van der Waals surface area contributed by atoms with Crippen molar-refractivity contribution >= 4 is 60.3 Å². The van der Waals surface area contributed by atoms with E-state index in [-0.39, 0.29) is 27.9 Å². The summed E-state index contributed by atoms with van der Waals surface area (Å²) in [6.45, 7) is 15.8. The van der Waals surface area contributed by atoms with Crippen LogP contribution in [0.1, 0.15) is 61.3 Å². The second-order valence-corrected chi connectivity index (χ2v) is 13.8. The van der Waals surface area contributed by atoms with Gasteiger partial charge in [0.1, 0.15) is 5.75 Å². The Morgan fingerprint density at radius 1 is 1.07 bits per heavy atom. The highest BCUT2D eigenvalue weighted by molar-refractivity contribution is 7.51. The zero-order valence-electron chi connectivity index (χ0n) is 26.6. The van der Waals surface area contributed by atoms with Crippen molar-refractivity contribution in [3.05, 3.63) is 43.9 Å². The van der Waals surface area contributed by atoms with E-state index in [1.54, 1.807) is 6.07 Å². The number of halogens is 3. The van der Waals surface area contributed by atoms with Crippen LogP contribution in [0.15, 0.2) is 21.3 Å². The third kappa shape index (κ3) is 15.5. The lowest BCUT2D eigenvalue weighted by Gasteiger charge is -2.13. The Balaban J connectivity index is 0.000000379.